The van der Waals surface area contributed by atoms with Gasteiger partial charge in [-0.25, -0.2) is 13.2 Å². The molecule has 2 N–H and O–H groups in total. The minimum absolute atomic E-state index is 0.0700. The zero-order chi connectivity index (χ0) is 15.6. The van der Waals surface area contributed by atoms with Crippen molar-refractivity contribution in [1.29, 1.82) is 0 Å². The van der Waals surface area contributed by atoms with Crippen LogP contribution in [0.5, 0.6) is 0 Å². The van der Waals surface area contributed by atoms with Gasteiger partial charge in [0.25, 0.3) is 0 Å². The van der Waals surface area contributed by atoms with Gasteiger partial charge in [0.1, 0.15) is 0 Å². The van der Waals surface area contributed by atoms with Gasteiger partial charge >= 0.3 is 12.0 Å². The van der Waals surface area contributed by atoms with Crippen LogP contribution in [0.1, 0.15) is 33.6 Å². The van der Waals surface area contributed by atoms with E-state index < -0.39 is 33.4 Å². The summed E-state index contributed by atoms with van der Waals surface area (Å²) in [7, 11) is -3.10. The minimum Gasteiger partial charge on any atom is -0.481 e. The molecule has 0 aromatic carbocycles. The first-order chi connectivity index (χ1) is 9.08. The molecule has 0 saturated carbocycles. The maximum atomic E-state index is 12.2. The van der Waals surface area contributed by atoms with Gasteiger partial charge in [-0.15, -0.1) is 0 Å². The molecule has 20 heavy (non-hydrogen) atoms. The number of rotatable bonds is 5. The maximum Gasteiger partial charge on any atom is 0.318 e. The van der Waals surface area contributed by atoms with Crippen molar-refractivity contribution in [3.8, 4) is 0 Å². The van der Waals surface area contributed by atoms with Gasteiger partial charge in [0.2, 0.25) is 0 Å². The molecule has 0 aromatic heterocycles. The number of nitrogens with one attached hydrogen (secondary N) is 1. The van der Waals surface area contributed by atoms with Crippen LogP contribution >= 0.6 is 0 Å². The lowest BCUT2D eigenvalue weighted by molar-refractivity contribution is -0.138. The van der Waals surface area contributed by atoms with Crippen LogP contribution in [-0.4, -0.2) is 60.1 Å². The highest BCUT2D eigenvalue weighted by atomic mass is 32.2. The summed E-state index contributed by atoms with van der Waals surface area (Å²) in [6, 6.07) is -0.861. The molecule has 0 aliphatic carbocycles. The number of aliphatic carboxylic acids is 1. The predicted octanol–water partition coefficient (Wildman–Crippen LogP) is 0.458. The first-order valence-corrected chi connectivity index (χ1v) is 8.42. The number of sulfone groups is 1. The molecule has 0 spiro atoms. The number of urea groups is 1. The van der Waals surface area contributed by atoms with Crippen molar-refractivity contribution in [2.75, 3.05) is 18.1 Å². The van der Waals surface area contributed by atoms with E-state index >= 15 is 0 Å². The fourth-order valence-corrected chi connectivity index (χ4v) is 4.55. The molecule has 1 fully saturated rings. The lowest BCUT2D eigenvalue weighted by Gasteiger charge is -2.32. The van der Waals surface area contributed by atoms with Crippen LogP contribution in [0.15, 0.2) is 0 Å². The summed E-state index contributed by atoms with van der Waals surface area (Å²) in [5, 5.41) is 11.5. The Labute approximate surface area is 119 Å². The average Bonchev–Trinajstić information content (AvgIpc) is 2.52. The van der Waals surface area contributed by atoms with Crippen molar-refractivity contribution in [2.24, 2.45) is 0 Å². The van der Waals surface area contributed by atoms with Crippen molar-refractivity contribution in [2.45, 2.75) is 45.2 Å². The third-order valence-electron chi connectivity index (χ3n) is 3.52. The number of hydrogen-bond donors (Lipinski definition) is 2. The van der Waals surface area contributed by atoms with Gasteiger partial charge in [-0.3, -0.25) is 4.79 Å². The van der Waals surface area contributed by atoms with E-state index in [4.69, 9.17) is 5.11 Å². The lowest BCUT2D eigenvalue weighted by atomic mass is 10.0. The fraction of sp³-hybridized carbons (Fsp3) is 0.833. The van der Waals surface area contributed by atoms with Crippen molar-refractivity contribution >= 4 is 21.8 Å². The Hall–Kier alpha value is -1.31. The Balaban J connectivity index is 2.71. The number of hydrogen-bond acceptors (Lipinski definition) is 4. The number of carbonyl (C=O) groups excluding carboxylic acids is 1. The van der Waals surface area contributed by atoms with Crippen LogP contribution in [-0.2, 0) is 14.6 Å². The van der Waals surface area contributed by atoms with Gasteiger partial charge in [-0.05, 0) is 27.2 Å². The Morgan fingerprint density at radius 3 is 2.45 bits per heavy atom. The normalized spacial score (nSPS) is 25.9. The van der Waals surface area contributed by atoms with Gasteiger partial charge in [-0.2, -0.15) is 0 Å². The molecule has 1 aliphatic heterocycles. The predicted molar refractivity (Wildman–Crippen MR) is 74.3 cm³/mol. The lowest BCUT2D eigenvalue weighted by Crippen LogP contribution is -2.54. The second kappa shape index (κ2) is 5.99. The second-order valence-corrected chi connectivity index (χ2v) is 7.75. The van der Waals surface area contributed by atoms with Gasteiger partial charge < -0.3 is 15.3 Å². The summed E-state index contributed by atoms with van der Waals surface area (Å²) in [4.78, 5) is 24.3. The molecule has 8 heteroatoms. The number of amides is 2. The molecule has 7 nitrogen and oxygen atoms in total. The van der Waals surface area contributed by atoms with Crippen LogP contribution in [0.2, 0.25) is 0 Å². The van der Waals surface area contributed by atoms with Crippen LogP contribution in [0.4, 0.5) is 4.79 Å². The van der Waals surface area contributed by atoms with E-state index in [1.807, 2.05) is 0 Å². The first-order valence-electron chi connectivity index (χ1n) is 6.59. The Morgan fingerprint density at radius 2 is 2.05 bits per heavy atom. The summed E-state index contributed by atoms with van der Waals surface area (Å²) >= 11 is 0. The molecule has 116 valence electrons. The number of carbonyl (C=O) groups is 2. The van der Waals surface area contributed by atoms with Crippen LogP contribution < -0.4 is 5.32 Å². The van der Waals surface area contributed by atoms with Crippen molar-refractivity contribution in [3.63, 3.8) is 0 Å². The van der Waals surface area contributed by atoms with Gasteiger partial charge in [0.15, 0.2) is 9.84 Å². The highest BCUT2D eigenvalue weighted by Gasteiger charge is 2.40. The standard InChI is InChI=1S/C12H22N2O5S/c1-4-14(9(2)7-10(15)16)11(17)13-12(3)5-6-20(18,19)8-12/h9H,4-8H2,1-3H3,(H,13,17)(H,15,16). The van der Waals surface area contributed by atoms with Gasteiger partial charge in [-0.1, -0.05) is 0 Å². The zero-order valence-electron chi connectivity index (χ0n) is 12.0. The third-order valence-corrected chi connectivity index (χ3v) is 5.42. The van der Waals surface area contributed by atoms with Crippen molar-refractivity contribution in [1.82, 2.24) is 10.2 Å². The SMILES string of the molecule is CCN(C(=O)NC1(C)CCS(=O)(=O)C1)C(C)CC(=O)O. The molecular formula is C12H22N2O5S. The molecule has 2 amide bonds. The maximum absolute atomic E-state index is 12.2. The highest BCUT2D eigenvalue weighted by Crippen LogP contribution is 2.23. The molecule has 1 rings (SSSR count). The molecule has 0 aromatic rings. The summed E-state index contributed by atoms with van der Waals surface area (Å²) in [5.41, 5.74) is -0.772. The quantitative estimate of drug-likeness (QED) is 0.768. The molecule has 0 bridgehead atoms. The van der Waals surface area contributed by atoms with E-state index in [0.717, 1.165) is 0 Å². The zero-order valence-corrected chi connectivity index (χ0v) is 12.9. The molecule has 0 radical (unpaired) electrons. The van der Waals surface area contributed by atoms with E-state index in [9.17, 15) is 18.0 Å². The highest BCUT2D eigenvalue weighted by molar-refractivity contribution is 7.91. The number of carboxylic acid groups (broad SMARTS) is 1. The monoisotopic (exact) mass is 306 g/mol. The van der Waals surface area contributed by atoms with Crippen molar-refractivity contribution in [3.05, 3.63) is 0 Å². The Morgan fingerprint density at radius 1 is 1.45 bits per heavy atom. The second-order valence-electron chi connectivity index (χ2n) is 5.57. The Kier molecular flexibility index (Phi) is 5.01. The van der Waals surface area contributed by atoms with Crippen LogP contribution in [0.3, 0.4) is 0 Å². The summed E-state index contributed by atoms with van der Waals surface area (Å²) in [6.07, 6.45) is 0.238. The van der Waals surface area contributed by atoms with E-state index in [1.165, 1.54) is 4.90 Å². The number of nitrogens with zero attached hydrogens (tertiary/aromatic N) is 1. The molecule has 1 heterocycles. The minimum atomic E-state index is -3.10. The fourth-order valence-electron chi connectivity index (χ4n) is 2.46. The van der Waals surface area contributed by atoms with Gasteiger partial charge in [0.05, 0.1) is 23.5 Å². The Bertz CT molecular complexity index is 490. The number of carboxylic acids is 1. The van der Waals surface area contributed by atoms with Crippen molar-refractivity contribution < 1.29 is 23.1 Å². The largest absolute Gasteiger partial charge is 0.481 e. The first kappa shape index (κ1) is 16.7. The topological polar surface area (TPSA) is 104 Å². The van der Waals surface area contributed by atoms with Crippen LogP contribution in [0.25, 0.3) is 0 Å². The van der Waals surface area contributed by atoms with E-state index in [0.29, 0.717) is 13.0 Å². The summed E-state index contributed by atoms with van der Waals surface area (Å²) in [6.45, 7) is 5.48. The van der Waals surface area contributed by atoms with E-state index in [-0.39, 0.29) is 17.9 Å². The average molecular weight is 306 g/mol. The summed E-state index contributed by atoms with van der Waals surface area (Å²) in [5.74, 6) is -0.976. The molecular weight excluding hydrogens is 284 g/mol. The smallest absolute Gasteiger partial charge is 0.318 e. The summed E-state index contributed by atoms with van der Waals surface area (Å²) < 4.78 is 23.0. The molecule has 1 aliphatic rings. The third kappa shape index (κ3) is 4.36. The van der Waals surface area contributed by atoms with Gasteiger partial charge in [0, 0.05) is 12.6 Å². The molecule has 2 atom stereocenters. The van der Waals surface area contributed by atoms with Crippen LogP contribution in [0, 0.1) is 0 Å². The van der Waals surface area contributed by atoms with E-state index in [2.05, 4.69) is 5.32 Å². The molecule has 2 unspecified atom stereocenters. The van der Waals surface area contributed by atoms with E-state index in [1.54, 1.807) is 20.8 Å². The molecule has 1 saturated heterocycles.